The normalized spacial score (nSPS) is 18.7. The number of likely N-dealkylation sites (tertiary alicyclic amines) is 1. The molecule has 0 aliphatic carbocycles. The van der Waals surface area contributed by atoms with Gasteiger partial charge in [0.25, 0.3) is 0 Å². The van der Waals surface area contributed by atoms with E-state index in [9.17, 15) is 9.59 Å². The molecule has 2 amide bonds. The van der Waals surface area contributed by atoms with Gasteiger partial charge in [0.1, 0.15) is 5.82 Å². The molecule has 0 bridgehead atoms. The van der Waals surface area contributed by atoms with E-state index >= 15 is 0 Å². The molecule has 2 rings (SSSR count). The summed E-state index contributed by atoms with van der Waals surface area (Å²) in [7, 11) is 1.74. The quantitative estimate of drug-likeness (QED) is 0.854. The van der Waals surface area contributed by atoms with Gasteiger partial charge >= 0.3 is 0 Å². The molecule has 1 atom stereocenters. The number of piperidine rings is 1. The minimum Gasteiger partial charge on any atom is -0.342 e. The first-order valence-corrected chi connectivity index (χ1v) is 7.48. The number of carbonyl (C=O) groups excluding carboxylic acids is 2. The third-order valence-electron chi connectivity index (χ3n) is 3.90. The molecule has 1 aliphatic rings. The molecule has 1 aromatic rings. The van der Waals surface area contributed by atoms with Gasteiger partial charge < -0.3 is 4.90 Å². The second-order valence-electron chi connectivity index (χ2n) is 5.86. The van der Waals surface area contributed by atoms with Gasteiger partial charge in [-0.2, -0.15) is 0 Å². The van der Waals surface area contributed by atoms with Gasteiger partial charge in [-0.15, -0.1) is 0 Å². The molecule has 0 N–H and O–H groups in total. The zero-order valence-electron chi connectivity index (χ0n) is 13.0. The monoisotopic (exact) mass is 289 g/mol. The number of rotatable bonds is 3. The van der Waals surface area contributed by atoms with Gasteiger partial charge in [-0.1, -0.05) is 19.9 Å². The Labute approximate surface area is 126 Å². The number of aromatic nitrogens is 1. The Morgan fingerprint density at radius 1 is 1.38 bits per heavy atom. The van der Waals surface area contributed by atoms with E-state index in [0.29, 0.717) is 12.4 Å². The Kier molecular flexibility index (Phi) is 4.94. The first-order chi connectivity index (χ1) is 10.0. The zero-order valence-corrected chi connectivity index (χ0v) is 13.0. The number of hydrogen-bond donors (Lipinski definition) is 0. The molecule has 1 aromatic heterocycles. The van der Waals surface area contributed by atoms with E-state index in [1.165, 1.54) is 0 Å². The molecule has 0 saturated carbocycles. The number of hydrogen-bond acceptors (Lipinski definition) is 3. The van der Waals surface area contributed by atoms with Crippen LogP contribution in [0.25, 0.3) is 0 Å². The van der Waals surface area contributed by atoms with Crippen molar-refractivity contribution in [2.45, 2.75) is 26.7 Å². The maximum atomic E-state index is 12.6. The molecule has 0 spiro atoms. The van der Waals surface area contributed by atoms with Crippen molar-refractivity contribution in [3.63, 3.8) is 0 Å². The molecule has 1 aliphatic heterocycles. The topological polar surface area (TPSA) is 53.5 Å². The standard InChI is InChI=1S/C16H23N3O2/c1-12(2)15(20)19-10-6-7-13(11-19)16(21)18(3)14-8-4-5-9-17-14/h4-5,8-9,12-13H,6-7,10-11H2,1-3H3. The second kappa shape index (κ2) is 6.70. The smallest absolute Gasteiger partial charge is 0.232 e. The van der Waals surface area contributed by atoms with Crippen LogP contribution < -0.4 is 4.90 Å². The minimum atomic E-state index is -0.131. The van der Waals surface area contributed by atoms with Gasteiger partial charge in [-0.05, 0) is 25.0 Å². The lowest BCUT2D eigenvalue weighted by atomic mass is 9.95. The zero-order chi connectivity index (χ0) is 15.4. The third kappa shape index (κ3) is 3.60. The predicted molar refractivity (Wildman–Crippen MR) is 81.8 cm³/mol. The summed E-state index contributed by atoms with van der Waals surface area (Å²) in [5, 5.41) is 0. The van der Waals surface area contributed by atoms with Crippen LogP contribution in [0.15, 0.2) is 24.4 Å². The van der Waals surface area contributed by atoms with Crippen LogP contribution in [0.4, 0.5) is 5.82 Å². The lowest BCUT2D eigenvalue weighted by Gasteiger charge is -2.34. The fourth-order valence-electron chi connectivity index (χ4n) is 2.68. The minimum absolute atomic E-state index is 0.0210. The largest absolute Gasteiger partial charge is 0.342 e. The van der Waals surface area contributed by atoms with Crippen LogP contribution >= 0.6 is 0 Å². The van der Waals surface area contributed by atoms with Gasteiger partial charge in [-0.3, -0.25) is 14.5 Å². The highest BCUT2D eigenvalue weighted by Gasteiger charge is 2.31. The van der Waals surface area contributed by atoms with E-state index in [4.69, 9.17) is 0 Å². The molecule has 1 saturated heterocycles. The number of nitrogens with zero attached hydrogens (tertiary/aromatic N) is 3. The fraction of sp³-hybridized carbons (Fsp3) is 0.562. The predicted octanol–water partition coefficient (Wildman–Crippen LogP) is 1.94. The average molecular weight is 289 g/mol. The van der Waals surface area contributed by atoms with Crippen molar-refractivity contribution in [2.75, 3.05) is 25.0 Å². The van der Waals surface area contributed by atoms with E-state index in [1.807, 2.05) is 36.9 Å². The van der Waals surface area contributed by atoms with Crippen LogP contribution in [-0.2, 0) is 9.59 Å². The highest BCUT2D eigenvalue weighted by molar-refractivity contribution is 5.94. The van der Waals surface area contributed by atoms with Crippen molar-refractivity contribution >= 4 is 17.6 Å². The number of pyridine rings is 1. The van der Waals surface area contributed by atoms with Crippen molar-refractivity contribution in [1.82, 2.24) is 9.88 Å². The Hall–Kier alpha value is -1.91. The maximum Gasteiger partial charge on any atom is 0.232 e. The second-order valence-corrected chi connectivity index (χ2v) is 5.86. The summed E-state index contributed by atoms with van der Waals surface area (Å²) in [6.07, 6.45) is 3.39. The highest BCUT2D eigenvalue weighted by Crippen LogP contribution is 2.21. The molecule has 2 heterocycles. The molecule has 0 radical (unpaired) electrons. The summed E-state index contributed by atoms with van der Waals surface area (Å²) in [5.74, 6) is 0.665. The molecule has 5 heteroatoms. The number of carbonyl (C=O) groups is 2. The summed E-state index contributed by atoms with van der Waals surface area (Å²) >= 11 is 0. The molecular weight excluding hydrogens is 266 g/mol. The molecule has 21 heavy (non-hydrogen) atoms. The highest BCUT2D eigenvalue weighted by atomic mass is 16.2. The van der Waals surface area contributed by atoms with Crippen LogP contribution in [0.5, 0.6) is 0 Å². The maximum absolute atomic E-state index is 12.6. The van der Waals surface area contributed by atoms with Gasteiger partial charge in [0.2, 0.25) is 11.8 Å². The Morgan fingerprint density at radius 3 is 2.76 bits per heavy atom. The molecule has 1 unspecified atom stereocenters. The first kappa shape index (κ1) is 15.5. The van der Waals surface area contributed by atoms with E-state index in [2.05, 4.69) is 4.98 Å². The van der Waals surface area contributed by atoms with Gasteiger partial charge in [0, 0.05) is 32.3 Å². The Bertz CT molecular complexity index is 502. The van der Waals surface area contributed by atoms with E-state index < -0.39 is 0 Å². The van der Waals surface area contributed by atoms with Crippen LogP contribution in [0, 0.1) is 11.8 Å². The van der Waals surface area contributed by atoms with Crippen molar-refractivity contribution in [3.8, 4) is 0 Å². The van der Waals surface area contributed by atoms with E-state index in [1.54, 1.807) is 18.1 Å². The Morgan fingerprint density at radius 2 is 2.14 bits per heavy atom. The van der Waals surface area contributed by atoms with E-state index in [0.717, 1.165) is 19.4 Å². The van der Waals surface area contributed by atoms with Gasteiger partial charge in [0.15, 0.2) is 0 Å². The summed E-state index contributed by atoms with van der Waals surface area (Å²) in [6, 6.07) is 5.50. The van der Waals surface area contributed by atoms with Crippen molar-refractivity contribution < 1.29 is 9.59 Å². The lowest BCUT2D eigenvalue weighted by molar-refractivity contribution is -0.137. The van der Waals surface area contributed by atoms with Crippen LogP contribution in [-0.4, -0.2) is 41.8 Å². The van der Waals surface area contributed by atoms with Gasteiger partial charge in [0.05, 0.1) is 5.92 Å². The molecule has 5 nitrogen and oxygen atoms in total. The molecule has 1 fully saturated rings. The summed E-state index contributed by atoms with van der Waals surface area (Å²) in [5.41, 5.74) is 0. The van der Waals surface area contributed by atoms with Crippen molar-refractivity contribution in [3.05, 3.63) is 24.4 Å². The van der Waals surface area contributed by atoms with Crippen molar-refractivity contribution in [2.24, 2.45) is 11.8 Å². The van der Waals surface area contributed by atoms with Crippen LogP contribution in [0.1, 0.15) is 26.7 Å². The molecule has 0 aromatic carbocycles. The summed E-state index contributed by atoms with van der Waals surface area (Å²) in [4.78, 5) is 32.3. The third-order valence-corrected chi connectivity index (χ3v) is 3.90. The fourth-order valence-corrected chi connectivity index (χ4v) is 2.68. The first-order valence-electron chi connectivity index (χ1n) is 7.48. The van der Waals surface area contributed by atoms with Crippen LogP contribution in [0.2, 0.25) is 0 Å². The van der Waals surface area contributed by atoms with Crippen LogP contribution in [0.3, 0.4) is 0 Å². The molecule has 114 valence electrons. The molecular formula is C16H23N3O2. The summed E-state index contributed by atoms with van der Waals surface area (Å²) < 4.78 is 0. The van der Waals surface area contributed by atoms with E-state index in [-0.39, 0.29) is 23.7 Å². The van der Waals surface area contributed by atoms with Crippen molar-refractivity contribution in [1.29, 1.82) is 0 Å². The summed E-state index contributed by atoms with van der Waals surface area (Å²) in [6.45, 7) is 5.07. The number of anilines is 1. The SMILES string of the molecule is CC(C)C(=O)N1CCCC(C(=O)N(C)c2ccccn2)C1. The van der Waals surface area contributed by atoms with Gasteiger partial charge in [-0.25, -0.2) is 4.98 Å². The number of amides is 2. The Balaban J connectivity index is 2.04. The average Bonchev–Trinajstić information content (AvgIpc) is 2.53. The lowest BCUT2D eigenvalue weighted by Crippen LogP contribution is -2.47.